The van der Waals surface area contributed by atoms with Crippen molar-refractivity contribution in [3.63, 3.8) is 0 Å². The summed E-state index contributed by atoms with van der Waals surface area (Å²) >= 11 is 0. The van der Waals surface area contributed by atoms with E-state index in [1.807, 2.05) is 45.8 Å². The predicted octanol–water partition coefficient (Wildman–Crippen LogP) is 2.51. The van der Waals surface area contributed by atoms with Gasteiger partial charge in [0.15, 0.2) is 0 Å². The zero-order valence-electron chi connectivity index (χ0n) is 8.50. The largest absolute Gasteiger partial charge is 0.347 e. The van der Waals surface area contributed by atoms with Crippen LogP contribution in [0.1, 0.15) is 27.0 Å². The maximum Gasteiger partial charge on any atom is 0.224 e. The van der Waals surface area contributed by atoms with Crippen molar-refractivity contribution in [1.29, 1.82) is 0 Å². The molecule has 3 nitrogen and oxygen atoms in total. The number of rotatable bonds is 1. The molecule has 1 heterocycles. The Kier molecular flexibility index (Phi) is 8.34. The van der Waals surface area contributed by atoms with Gasteiger partial charge in [0.1, 0.15) is 0 Å². The second kappa shape index (κ2) is 7.53. The zero-order chi connectivity index (χ0) is 9.56. The van der Waals surface area contributed by atoms with E-state index in [4.69, 9.17) is 0 Å². The molecule has 0 amide bonds. The lowest BCUT2D eigenvalue weighted by molar-refractivity contribution is 0.977. The van der Waals surface area contributed by atoms with Crippen LogP contribution in [0.2, 0.25) is 0 Å². The highest BCUT2D eigenvalue weighted by molar-refractivity contribution is 5.26. The molecule has 0 N–H and O–H groups in total. The summed E-state index contributed by atoms with van der Waals surface area (Å²) < 4.78 is 0. The highest BCUT2D eigenvalue weighted by Crippen LogP contribution is 2.00. The molecule has 1 rings (SSSR count). The van der Waals surface area contributed by atoms with Crippen LogP contribution in [-0.4, -0.2) is 24.1 Å². The Balaban J connectivity index is 0. The molecular formula is C10H21N3. The van der Waals surface area contributed by atoms with Crippen LogP contribution in [0.4, 0.5) is 5.95 Å². The van der Waals surface area contributed by atoms with Crippen molar-refractivity contribution in [1.82, 2.24) is 9.97 Å². The van der Waals surface area contributed by atoms with Crippen LogP contribution in [0, 0.1) is 6.92 Å². The van der Waals surface area contributed by atoms with Gasteiger partial charge in [-0.1, -0.05) is 21.3 Å². The van der Waals surface area contributed by atoms with Crippen molar-refractivity contribution >= 4 is 5.95 Å². The molecule has 0 aromatic carbocycles. The summed E-state index contributed by atoms with van der Waals surface area (Å²) in [6.07, 6.45) is 1.76. The first-order valence-electron chi connectivity index (χ1n) is 4.17. The fourth-order valence-corrected chi connectivity index (χ4v) is 0.651. The van der Waals surface area contributed by atoms with Gasteiger partial charge >= 0.3 is 0 Å². The Hall–Kier alpha value is -1.12. The van der Waals surface area contributed by atoms with Crippen LogP contribution >= 0.6 is 0 Å². The van der Waals surface area contributed by atoms with Gasteiger partial charge in [-0.05, 0) is 13.0 Å². The van der Waals surface area contributed by atoms with Crippen molar-refractivity contribution in [2.24, 2.45) is 0 Å². The molecule has 0 bridgehead atoms. The van der Waals surface area contributed by atoms with E-state index in [1.54, 1.807) is 6.20 Å². The molecule has 1 aromatic rings. The van der Waals surface area contributed by atoms with Gasteiger partial charge in [-0.3, -0.25) is 0 Å². The van der Waals surface area contributed by atoms with Crippen LogP contribution < -0.4 is 4.90 Å². The molecule has 1 aromatic heterocycles. The molecule has 0 saturated heterocycles. The summed E-state index contributed by atoms with van der Waals surface area (Å²) in [5.74, 6) is 0.764. The minimum Gasteiger partial charge on any atom is -0.347 e. The van der Waals surface area contributed by atoms with Gasteiger partial charge in [0.2, 0.25) is 5.95 Å². The van der Waals surface area contributed by atoms with Gasteiger partial charge in [-0.15, -0.1) is 0 Å². The van der Waals surface area contributed by atoms with E-state index in [0.717, 1.165) is 11.6 Å². The van der Waals surface area contributed by atoms with Crippen molar-refractivity contribution in [2.75, 3.05) is 19.0 Å². The van der Waals surface area contributed by atoms with Crippen LogP contribution in [-0.2, 0) is 0 Å². The molecular weight excluding hydrogens is 162 g/mol. The predicted molar refractivity (Wildman–Crippen MR) is 59.2 cm³/mol. The van der Waals surface area contributed by atoms with Crippen molar-refractivity contribution in [2.45, 2.75) is 28.2 Å². The van der Waals surface area contributed by atoms with E-state index < -0.39 is 0 Å². The lowest BCUT2D eigenvalue weighted by Gasteiger charge is -2.08. The van der Waals surface area contributed by atoms with E-state index in [1.165, 1.54) is 0 Å². The average molecular weight is 183 g/mol. The summed E-state index contributed by atoms with van der Waals surface area (Å²) in [5, 5.41) is 0. The summed E-state index contributed by atoms with van der Waals surface area (Å²) in [5.41, 5.74) is 0.999. The molecule has 0 aliphatic heterocycles. The molecule has 0 saturated carbocycles. The van der Waals surface area contributed by atoms with Gasteiger partial charge in [-0.2, -0.15) is 0 Å². The molecule has 3 heteroatoms. The fourth-order valence-electron chi connectivity index (χ4n) is 0.651. The van der Waals surface area contributed by atoms with E-state index in [9.17, 15) is 0 Å². The van der Waals surface area contributed by atoms with Gasteiger partial charge in [0.05, 0.1) is 0 Å². The Morgan fingerprint density at radius 2 is 1.77 bits per heavy atom. The third-order valence-electron chi connectivity index (χ3n) is 1.18. The molecule has 76 valence electrons. The lowest BCUT2D eigenvalue weighted by Crippen LogP contribution is -2.12. The molecule has 0 aliphatic rings. The summed E-state index contributed by atoms with van der Waals surface area (Å²) in [6, 6.07) is 1.88. The second-order valence-electron chi connectivity index (χ2n) is 2.39. The first kappa shape index (κ1) is 14.4. The Morgan fingerprint density at radius 1 is 1.23 bits per heavy atom. The quantitative estimate of drug-likeness (QED) is 0.670. The number of anilines is 1. The second-order valence-corrected chi connectivity index (χ2v) is 2.39. The zero-order valence-corrected chi connectivity index (χ0v) is 8.50. The minimum absolute atomic E-state index is 0. The highest BCUT2D eigenvalue weighted by Gasteiger charge is 1.95. The standard InChI is InChI=1S/C7H11N3.C2H6.CH4/c1-6-4-5-8-7(9-6)10(2)3;1-2;/h4-5H,1-3H3;1-2H3;1H4. The number of aromatic nitrogens is 2. The van der Waals surface area contributed by atoms with Crippen LogP contribution in [0.3, 0.4) is 0 Å². The summed E-state index contributed by atoms with van der Waals surface area (Å²) in [4.78, 5) is 10.1. The summed E-state index contributed by atoms with van der Waals surface area (Å²) in [6.45, 7) is 5.95. The number of hydrogen-bond acceptors (Lipinski definition) is 3. The first-order chi connectivity index (χ1) is 5.70. The number of aryl methyl sites for hydroxylation is 1. The maximum atomic E-state index is 4.19. The van der Waals surface area contributed by atoms with Gasteiger partial charge < -0.3 is 4.90 Å². The van der Waals surface area contributed by atoms with Crippen molar-refractivity contribution in [3.05, 3.63) is 18.0 Å². The Labute approximate surface area is 81.8 Å². The third kappa shape index (κ3) is 5.17. The molecule has 0 fully saturated rings. The lowest BCUT2D eigenvalue weighted by atomic mass is 10.5. The van der Waals surface area contributed by atoms with E-state index in [0.29, 0.717) is 0 Å². The summed E-state index contributed by atoms with van der Waals surface area (Å²) in [7, 11) is 3.85. The number of nitrogens with zero attached hydrogens (tertiary/aromatic N) is 3. The third-order valence-corrected chi connectivity index (χ3v) is 1.18. The first-order valence-corrected chi connectivity index (χ1v) is 4.17. The van der Waals surface area contributed by atoms with E-state index in [-0.39, 0.29) is 7.43 Å². The van der Waals surface area contributed by atoms with Crippen molar-refractivity contribution in [3.8, 4) is 0 Å². The van der Waals surface area contributed by atoms with Crippen LogP contribution in [0.5, 0.6) is 0 Å². The van der Waals surface area contributed by atoms with Gasteiger partial charge in [-0.25, -0.2) is 9.97 Å². The molecule has 0 radical (unpaired) electrons. The van der Waals surface area contributed by atoms with Crippen molar-refractivity contribution < 1.29 is 0 Å². The normalized spacial score (nSPS) is 7.77. The molecule has 0 unspecified atom stereocenters. The molecule has 0 aliphatic carbocycles. The van der Waals surface area contributed by atoms with E-state index >= 15 is 0 Å². The topological polar surface area (TPSA) is 29.0 Å². The monoisotopic (exact) mass is 183 g/mol. The smallest absolute Gasteiger partial charge is 0.224 e. The van der Waals surface area contributed by atoms with Gasteiger partial charge in [0, 0.05) is 26.0 Å². The maximum absolute atomic E-state index is 4.19. The Morgan fingerprint density at radius 3 is 2.08 bits per heavy atom. The van der Waals surface area contributed by atoms with Crippen LogP contribution in [0.15, 0.2) is 12.3 Å². The highest BCUT2D eigenvalue weighted by atomic mass is 15.2. The van der Waals surface area contributed by atoms with Crippen LogP contribution in [0.25, 0.3) is 0 Å². The minimum atomic E-state index is 0. The van der Waals surface area contributed by atoms with Gasteiger partial charge in [0.25, 0.3) is 0 Å². The number of hydrogen-bond donors (Lipinski definition) is 0. The van der Waals surface area contributed by atoms with E-state index in [2.05, 4.69) is 9.97 Å². The molecule has 0 atom stereocenters. The SMILES string of the molecule is C.CC.Cc1ccnc(N(C)C)n1. The molecule has 13 heavy (non-hydrogen) atoms. The fraction of sp³-hybridized carbons (Fsp3) is 0.600. The average Bonchev–Trinajstić information content (AvgIpc) is 2.08. The molecule has 0 spiro atoms. The Bertz CT molecular complexity index is 221.